The lowest BCUT2D eigenvalue weighted by Crippen LogP contribution is -2.46. The normalized spacial score (nSPS) is 16.9. The zero-order chi connectivity index (χ0) is 30.7. The molecule has 236 valence electrons. The highest BCUT2D eigenvalue weighted by Gasteiger charge is 2.40. The van der Waals surface area contributed by atoms with Crippen molar-refractivity contribution in [2.75, 3.05) is 32.8 Å². The number of carbonyl (C=O) groups is 1. The molecule has 3 rings (SSSR count). The Labute approximate surface area is 248 Å². The summed E-state index contributed by atoms with van der Waals surface area (Å²) in [6.45, 7) is 6.34. The van der Waals surface area contributed by atoms with Crippen molar-refractivity contribution >= 4 is 24.2 Å². The number of anilines is 1. The largest absolute Gasteiger partial charge is 0.493 e. The summed E-state index contributed by atoms with van der Waals surface area (Å²) in [6.07, 6.45) is -8.69. The Morgan fingerprint density at radius 3 is 1.90 bits per heavy atom. The van der Waals surface area contributed by atoms with Gasteiger partial charge in [0.05, 0.1) is 38.5 Å². The lowest BCUT2D eigenvalue weighted by molar-refractivity contribution is -0.143. The molecule has 1 heterocycles. The molecule has 2 aromatic carbocycles. The fourth-order valence-electron chi connectivity index (χ4n) is 5.34. The van der Waals surface area contributed by atoms with E-state index in [1.807, 2.05) is 6.92 Å². The first-order valence-corrected chi connectivity index (χ1v) is 13.3. The minimum Gasteiger partial charge on any atom is -0.493 e. The summed E-state index contributed by atoms with van der Waals surface area (Å²) >= 11 is 0. The number of rotatable bonds is 9. The first kappa shape index (κ1) is 35.2. The zero-order valence-corrected chi connectivity index (χ0v) is 25.2. The second-order valence-electron chi connectivity index (χ2n) is 10.2. The SMILES string of the molecule is CCC(CC)CN1c2cc(OC)c(OC)cc2[C@@H](N(Cc2cc(C(F)(F)F)cc(C(F)(F)F)c2)C(=O)OC)C[C@H]1C.Cl. The topological polar surface area (TPSA) is 51.2 Å². The highest BCUT2D eigenvalue weighted by molar-refractivity contribution is 5.85. The van der Waals surface area contributed by atoms with Gasteiger partial charge in [0, 0.05) is 36.4 Å². The fraction of sp³-hybridized carbons (Fsp3) is 0.552. The second-order valence-corrected chi connectivity index (χ2v) is 10.2. The van der Waals surface area contributed by atoms with Crippen molar-refractivity contribution in [1.29, 1.82) is 0 Å². The number of carbonyl (C=O) groups excluding carboxylic acids is 1. The van der Waals surface area contributed by atoms with Gasteiger partial charge in [-0.25, -0.2) is 4.79 Å². The third-order valence-electron chi connectivity index (χ3n) is 7.69. The molecular formula is C29H37ClF6N2O4. The lowest BCUT2D eigenvalue weighted by Gasteiger charge is -2.45. The zero-order valence-electron chi connectivity index (χ0n) is 24.4. The molecule has 2 aromatic rings. The van der Waals surface area contributed by atoms with Gasteiger partial charge in [-0.05, 0) is 49.1 Å². The number of benzene rings is 2. The van der Waals surface area contributed by atoms with Crippen molar-refractivity contribution in [2.45, 2.75) is 71.0 Å². The van der Waals surface area contributed by atoms with Crippen LogP contribution in [-0.2, 0) is 23.6 Å². The molecule has 0 N–H and O–H groups in total. The van der Waals surface area contributed by atoms with Gasteiger partial charge < -0.3 is 19.1 Å². The maximum atomic E-state index is 13.6. The standard InChI is InChI=1S/C29H36F6N2O4.ClH/c1-7-18(8-2)15-36-17(3)9-23(22-13-25(39-4)26(40-5)14-24(22)36)37(27(38)41-6)16-19-10-20(28(30,31)32)12-21(11-19)29(33,34)35;/h10-14,17-18,23H,7-9,15-16H2,1-6H3;1H/t17-,23+;/m1./s1. The Morgan fingerprint density at radius 1 is 0.929 bits per heavy atom. The van der Waals surface area contributed by atoms with Crippen LogP contribution in [0.25, 0.3) is 0 Å². The molecule has 1 aliphatic rings. The smallest absolute Gasteiger partial charge is 0.416 e. The Kier molecular flexibility index (Phi) is 11.7. The third kappa shape index (κ3) is 7.67. The van der Waals surface area contributed by atoms with Gasteiger partial charge in [-0.1, -0.05) is 26.7 Å². The maximum Gasteiger partial charge on any atom is 0.416 e. The van der Waals surface area contributed by atoms with Crippen LogP contribution in [0.2, 0.25) is 0 Å². The van der Waals surface area contributed by atoms with E-state index in [1.54, 1.807) is 12.1 Å². The fourth-order valence-corrected chi connectivity index (χ4v) is 5.34. The molecule has 0 unspecified atom stereocenters. The van der Waals surface area contributed by atoms with Crippen molar-refractivity contribution in [3.8, 4) is 11.5 Å². The van der Waals surface area contributed by atoms with Crippen LogP contribution < -0.4 is 14.4 Å². The second kappa shape index (κ2) is 14.0. The first-order valence-electron chi connectivity index (χ1n) is 13.3. The maximum absolute atomic E-state index is 13.6. The van der Waals surface area contributed by atoms with Crippen molar-refractivity contribution in [3.05, 3.63) is 52.6 Å². The summed E-state index contributed by atoms with van der Waals surface area (Å²) in [4.78, 5) is 16.5. The number of alkyl halides is 6. The van der Waals surface area contributed by atoms with Gasteiger partial charge in [0.25, 0.3) is 0 Å². The minimum absolute atomic E-state index is 0. The molecule has 0 aromatic heterocycles. The van der Waals surface area contributed by atoms with E-state index in [4.69, 9.17) is 14.2 Å². The van der Waals surface area contributed by atoms with Gasteiger partial charge in [-0.2, -0.15) is 26.3 Å². The van der Waals surface area contributed by atoms with Gasteiger partial charge in [-0.15, -0.1) is 12.4 Å². The third-order valence-corrected chi connectivity index (χ3v) is 7.69. The van der Waals surface area contributed by atoms with Gasteiger partial charge in [0.1, 0.15) is 0 Å². The Hall–Kier alpha value is -3.02. The first-order chi connectivity index (χ1) is 19.2. The summed E-state index contributed by atoms with van der Waals surface area (Å²) in [5, 5.41) is 0. The van der Waals surface area contributed by atoms with E-state index >= 15 is 0 Å². The molecule has 0 bridgehead atoms. The molecular weight excluding hydrogens is 590 g/mol. The number of fused-ring (bicyclic) bond motifs is 1. The molecule has 0 aliphatic carbocycles. The van der Waals surface area contributed by atoms with Crippen LogP contribution in [0.3, 0.4) is 0 Å². The predicted molar refractivity (Wildman–Crippen MR) is 149 cm³/mol. The van der Waals surface area contributed by atoms with Crippen LogP contribution in [-0.4, -0.2) is 44.9 Å². The van der Waals surface area contributed by atoms with Crippen LogP contribution in [0.15, 0.2) is 30.3 Å². The molecule has 0 saturated carbocycles. The molecule has 1 amide bonds. The molecule has 13 heteroatoms. The summed E-state index contributed by atoms with van der Waals surface area (Å²) in [5.74, 6) is 1.19. The van der Waals surface area contributed by atoms with Crippen molar-refractivity contribution < 1.29 is 45.3 Å². The summed E-state index contributed by atoms with van der Waals surface area (Å²) in [6, 6.07) is 3.95. The molecule has 2 atom stereocenters. The molecule has 0 spiro atoms. The Balaban J connectivity index is 0.00000616. The van der Waals surface area contributed by atoms with E-state index < -0.39 is 42.2 Å². The van der Waals surface area contributed by atoms with E-state index in [0.717, 1.165) is 25.6 Å². The van der Waals surface area contributed by atoms with Crippen LogP contribution in [0.4, 0.5) is 36.8 Å². The van der Waals surface area contributed by atoms with Crippen molar-refractivity contribution in [3.63, 3.8) is 0 Å². The summed E-state index contributed by atoms with van der Waals surface area (Å²) in [7, 11) is 4.06. The highest BCUT2D eigenvalue weighted by Crippen LogP contribution is 2.47. The Bertz CT molecular complexity index is 1190. The van der Waals surface area contributed by atoms with E-state index in [2.05, 4.69) is 18.7 Å². The molecule has 0 saturated heterocycles. The lowest BCUT2D eigenvalue weighted by atomic mass is 9.88. The van der Waals surface area contributed by atoms with E-state index in [9.17, 15) is 31.1 Å². The number of amides is 1. The summed E-state index contributed by atoms with van der Waals surface area (Å²) in [5.41, 5.74) is -1.86. The number of hydrogen-bond acceptors (Lipinski definition) is 5. The van der Waals surface area contributed by atoms with Crippen LogP contribution in [0.1, 0.15) is 68.3 Å². The summed E-state index contributed by atoms with van der Waals surface area (Å²) < 4.78 is 97.4. The monoisotopic (exact) mass is 626 g/mol. The molecule has 42 heavy (non-hydrogen) atoms. The van der Waals surface area contributed by atoms with Gasteiger partial charge in [0.2, 0.25) is 0 Å². The molecule has 0 radical (unpaired) electrons. The van der Waals surface area contributed by atoms with Gasteiger partial charge >= 0.3 is 18.4 Å². The number of halogens is 7. The number of ether oxygens (including phenoxy) is 3. The number of nitrogens with zero attached hydrogens (tertiary/aromatic N) is 2. The van der Waals surface area contributed by atoms with Crippen molar-refractivity contribution in [1.82, 2.24) is 4.90 Å². The molecule has 0 fully saturated rings. The molecule has 6 nitrogen and oxygen atoms in total. The number of hydrogen-bond donors (Lipinski definition) is 0. The van der Waals surface area contributed by atoms with E-state index in [0.29, 0.717) is 48.1 Å². The quantitative estimate of drug-likeness (QED) is 0.261. The van der Waals surface area contributed by atoms with Crippen LogP contribution >= 0.6 is 12.4 Å². The van der Waals surface area contributed by atoms with Gasteiger partial charge in [-0.3, -0.25) is 4.90 Å². The highest BCUT2D eigenvalue weighted by atomic mass is 35.5. The minimum atomic E-state index is -5.02. The van der Waals surface area contributed by atoms with Crippen LogP contribution in [0, 0.1) is 5.92 Å². The average molecular weight is 627 g/mol. The van der Waals surface area contributed by atoms with E-state index in [-0.39, 0.29) is 30.1 Å². The predicted octanol–water partition coefficient (Wildman–Crippen LogP) is 8.51. The van der Waals surface area contributed by atoms with Gasteiger partial charge in [0.15, 0.2) is 11.5 Å². The van der Waals surface area contributed by atoms with Crippen LogP contribution in [0.5, 0.6) is 11.5 Å². The van der Waals surface area contributed by atoms with E-state index in [1.165, 1.54) is 19.1 Å². The average Bonchev–Trinajstić information content (AvgIpc) is 2.93. The molecule has 1 aliphatic heterocycles. The Morgan fingerprint density at radius 2 is 1.45 bits per heavy atom. The number of methoxy groups -OCH3 is 3. The van der Waals surface area contributed by atoms with Crippen molar-refractivity contribution in [2.24, 2.45) is 5.92 Å².